The lowest BCUT2D eigenvalue weighted by molar-refractivity contribution is -0.119. The van der Waals surface area contributed by atoms with Gasteiger partial charge in [-0.05, 0) is 47.9 Å². The zero-order chi connectivity index (χ0) is 23.5. The lowest BCUT2D eigenvalue weighted by Gasteiger charge is -2.23. The van der Waals surface area contributed by atoms with Crippen LogP contribution in [0.1, 0.15) is 25.8 Å². The highest BCUT2D eigenvalue weighted by Gasteiger charge is 2.26. The van der Waals surface area contributed by atoms with Crippen molar-refractivity contribution in [3.8, 4) is 0 Å². The molecule has 0 aliphatic carbocycles. The summed E-state index contributed by atoms with van der Waals surface area (Å²) in [6, 6.07) is 25.1. The predicted octanol–water partition coefficient (Wildman–Crippen LogP) is 6.38. The molecule has 0 bridgehead atoms. The molecule has 2 N–H and O–H groups in total. The van der Waals surface area contributed by atoms with Crippen LogP contribution in [0.5, 0.6) is 0 Å². The molecule has 0 aromatic heterocycles. The fourth-order valence-electron chi connectivity index (χ4n) is 3.04. The van der Waals surface area contributed by atoms with Gasteiger partial charge in [-0.25, -0.2) is 4.79 Å². The number of alkyl carbamates (subject to hydrolysis) is 1. The van der Waals surface area contributed by atoms with E-state index in [0.29, 0.717) is 11.4 Å². The van der Waals surface area contributed by atoms with Crippen LogP contribution in [-0.2, 0) is 16.1 Å². The quantitative estimate of drug-likeness (QED) is 0.375. The molecule has 0 fully saturated rings. The van der Waals surface area contributed by atoms with Crippen LogP contribution in [0.25, 0.3) is 0 Å². The van der Waals surface area contributed by atoms with Crippen molar-refractivity contribution in [3.63, 3.8) is 0 Å². The van der Waals surface area contributed by atoms with Crippen molar-refractivity contribution in [3.05, 3.63) is 90.5 Å². The number of hydrogen-bond donors (Lipinski definition) is 2. The fraction of sp³-hybridized carbons (Fsp3) is 0.231. The summed E-state index contributed by atoms with van der Waals surface area (Å²) in [5.74, 6) is -0.382. The Hall–Kier alpha value is -4.00. The van der Waals surface area contributed by atoms with Gasteiger partial charge in [-0.3, -0.25) is 4.79 Å². The van der Waals surface area contributed by atoms with Gasteiger partial charge < -0.3 is 15.4 Å². The lowest BCUT2D eigenvalue weighted by atomic mass is 9.98. The second-order valence-electron chi connectivity index (χ2n) is 7.64. The number of azo groups is 1. The number of carbonyl (C=O) groups excluding carboxylic acids is 2. The Kier molecular flexibility index (Phi) is 8.71. The lowest BCUT2D eigenvalue weighted by Crippen LogP contribution is -2.47. The number of nitrogens with zero attached hydrogens (tertiary/aromatic N) is 2. The molecule has 0 radical (unpaired) electrons. The first-order valence-corrected chi connectivity index (χ1v) is 10.9. The van der Waals surface area contributed by atoms with Crippen molar-refractivity contribution in [2.24, 2.45) is 16.1 Å². The summed E-state index contributed by atoms with van der Waals surface area (Å²) in [5, 5.41) is 13.9. The standard InChI is InChI=1S/C26H28N4O3/c1-3-19(2)24(28-26(32)33-18-20-10-6-4-7-11-20)25(31)27-21-14-16-23(17-15-21)30-29-22-12-8-5-9-13-22/h4-17,19,24H,3,18H2,1-2H3,(H,27,31)(H,28,32)/t19-,24-/m0/s1. The minimum Gasteiger partial charge on any atom is -0.445 e. The molecule has 0 saturated carbocycles. The van der Waals surface area contributed by atoms with Crippen LogP contribution in [0, 0.1) is 5.92 Å². The van der Waals surface area contributed by atoms with E-state index in [1.807, 2.05) is 74.5 Å². The zero-order valence-corrected chi connectivity index (χ0v) is 18.8. The zero-order valence-electron chi connectivity index (χ0n) is 18.8. The number of nitrogens with one attached hydrogen (secondary N) is 2. The highest BCUT2D eigenvalue weighted by molar-refractivity contribution is 5.96. The second-order valence-corrected chi connectivity index (χ2v) is 7.64. The van der Waals surface area contributed by atoms with E-state index in [1.165, 1.54) is 0 Å². The number of amides is 2. The number of anilines is 1. The van der Waals surface area contributed by atoms with Crippen molar-refractivity contribution in [2.45, 2.75) is 32.9 Å². The Balaban J connectivity index is 1.57. The van der Waals surface area contributed by atoms with Crippen molar-refractivity contribution in [1.82, 2.24) is 5.32 Å². The van der Waals surface area contributed by atoms with Gasteiger partial charge in [0.2, 0.25) is 5.91 Å². The molecule has 0 unspecified atom stereocenters. The van der Waals surface area contributed by atoms with E-state index in [0.717, 1.165) is 17.7 Å². The van der Waals surface area contributed by atoms with Gasteiger partial charge in [0, 0.05) is 5.69 Å². The van der Waals surface area contributed by atoms with Gasteiger partial charge in [0.1, 0.15) is 12.6 Å². The maximum atomic E-state index is 12.9. The topological polar surface area (TPSA) is 92.1 Å². The van der Waals surface area contributed by atoms with Crippen LogP contribution in [0.15, 0.2) is 95.2 Å². The molecule has 0 aliphatic rings. The van der Waals surface area contributed by atoms with Crippen LogP contribution in [0.2, 0.25) is 0 Å². The van der Waals surface area contributed by atoms with Crippen LogP contribution in [-0.4, -0.2) is 18.0 Å². The third-order valence-electron chi connectivity index (χ3n) is 5.15. The number of ether oxygens (including phenoxy) is 1. The second kappa shape index (κ2) is 12.1. The molecule has 0 spiro atoms. The van der Waals surface area contributed by atoms with Gasteiger partial charge in [-0.1, -0.05) is 68.8 Å². The first-order chi connectivity index (χ1) is 16.0. The summed E-state index contributed by atoms with van der Waals surface area (Å²) in [5.41, 5.74) is 2.91. The molecule has 3 aromatic carbocycles. The molecular weight excluding hydrogens is 416 g/mol. The number of benzene rings is 3. The summed E-state index contributed by atoms with van der Waals surface area (Å²) in [6.07, 6.45) is 0.0894. The van der Waals surface area contributed by atoms with Crippen LogP contribution in [0.3, 0.4) is 0 Å². The molecule has 2 amide bonds. The highest BCUT2D eigenvalue weighted by Crippen LogP contribution is 2.20. The summed E-state index contributed by atoms with van der Waals surface area (Å²) in [7, 11) is 0. The monoisotopic (exact) mass is 444 g/mol. The summed E-state index contributed by atoms with van der Waals surface area (Å²) in [4.78, 5) is 25.2. The number of carbonyl (C=O) groups is 2. The van der Waals surface area contributed by atoms with E-state index < -0.39 is 12.1 Å². The fourth-order valence-corrected chi connectivity index (χ4v) is 3.04. The van der Waals surface area contributed by atoms with Crippen LogP contribution < -0.4 is 10.6 Å². The van der Waals surface area contributed by atoms with E-state index in [4.69, 9.17) is 4.74 Å². The van der Waals surface area contributed by atoms with Gasteiger partial charge in [0.05, 0.1) is 11.4 Å². The molecule has 3 rings (SSSR count). The Morgan fingerprint density at radius 1 is 0.848 bits per heavy atom. The SMILES string of the molecule is CC[C@H](C)[C@H](NC(=O)OCc1ccccc1)C(=O)Nc1ccc(N=Nc2ccccc2)cc1. The molecule has 2 atom stereocenters. The van der Waals surface area contributed by atoms with Crippen molar-refractivity contribution in [1.29, 1.82) is 0 Å². The van der Waals surface area contributed by atoms with Crippen LogP contribution in [0.4, 0.5) is 21.9 Å². The van der Waals surface area contributed by atoms with Crippen molar-refractivity contribution >= 4 is 29.1 Å². The van der Waals surface area contributed by atoms with Gasteiger partial charge in [0.15, 0.2) is 0 Å². The van der Waals surface area contributed by atoms with Gasteiger partial charge in [-0.15, -0.1) is 0 Å². The van der Waals surface area contributed by atoms with Crippen molar-refractivity contribution in [2.75, 3.05) is 5.32 Å². The van der Waals surface area contributed by atoms with Gasteiger partial charge in [0.25, 0.3) is 0 Å². The van der Waals surface area contributed by atoms with Gasteiger partial charge >= 0.3 is 6.09 Å². The number of hydrogen-bond acceptors (Lipinski definition) is 5. The third kappa shape index (κ3) is 7.57. The van der Waals surface area contributed by atoms with Crippen molar-refractivity contribution < 1.29 is 14.3 Å². The maximum Gasteiger partial charge on any atom is 0.408 e. The van der Waals surface area contributed by atoms with E-state index in [-0.39, 0.29) is 18.4 Å². The Bertz CT molecular complexity index is 1050. The Morgan fingerprint density at radius 3 is 2.03 bits per heavy atom. The van der Waals surface area contributed by atoms with E-state index in [9.17, 15) is 9.59 Å². The molecule has 3 aromatic rings. The summed E-state index contributed by atoms with van der Waals surface area (Å²) in [6.45, 7) is 4.02. The molecular formula is C26H28N4O3. The number of rotatable bonds is 9. The average Bonchev–Trinajstić information content (AvgIpc) is 2.86. The van der Waals surface area contributed by atoms with E-state index in [1.54, 1.807) is 24.3 Å². The van der Waals surface area contributed by atoms with Gasteiger partial charge in [-0.2, -0.15) is 10.2 Å². The largest absolute Gasteiger partial charge is 0.445 e. The van der Waals surface area contributed by atoms with E-state index >= 15 is 0 Å². The molecule has 7 nitrogen and oxygen atoms in total. The summed E-state index contributed by atoms with van der Waals surface area (Å²) < 4.78 is 5.28. The molecule has 7 heteroatoms. The minimum absolute atomic E-state index is 0.0757. The molecule has 0 saturated heterocycles. The Labute approximate surface area is 193 Å². The molecule has 0 aliphatic heterocycles. The molecule has 170 valence electrons. The molecule has 0 heterocycles. The first-order valence-electron chi connectivity index (χ1n) is 10.9. The summed E-state index contributed by atoms with van der Waals surface area (Å²) >= 11 is 0. The first kappa shape index (κ1) is 23.7. The highest BCUT2D eigenvalue weighted by atomic mass is 16.5. The Morgan fingerprint density at radius 2 is 1.42 bits per heavy atom. The maximum absolute atomic E-state index is 12.9. The minimum atomic E-state index is -0.726. The van der Waals surface area contributed by atoms with E-state index in [2.05, 4.69) is 20.9 Å². The third-order valence-corrected chi connectivity index (χ3v) is 5.15. The smallest absolute Gasteiger partial charge is 0.408 e. The normalized spacial score (nSPS) is 12.7. The predicted molar refractivity (Wildman–Crippen MR) is 129 cm³/mol. The molecule has 33 heavy (non-hydrogen) atoms. The average molecular weight is 445 g/mol. The van der Waals surface area contributed by atoms with Crippen LogP contribution >= 0.6 is 0 Å².